The molecule has 0 aliphatic rings. The molecule has 0 fully saturated rings. The Morgan fingerprint density at radius 3 is 2.50 bits per heavy atom. The van der Waals surface area contributed by atoms with Crippen LogP contribution in [0.2, 0.25) is 0 Å². The van der Waals surface area contributed by atoms with E-state index < -0.39 is 0 Å². The van der Waals surface area contributed by atoms with Crippen molar-refractivity contribution in [1.29, 1.82) is 0 Å². The van der Waals surface area contributed by atoms with Crippen LogP contribution in [0.3, 0.4) is 0 Å². The lowest BCUT2D eigenvalue weighted by Crippen LogP contribution is -1.84. The van der Waals surface area contributed by atoms with Gasteiger partial charge in [0.15, 0.2) is 0 Å². The number of aromatic nitrogens is 1. The van der Waals surface area contributed by atoms with E-state index in [9.17, 15) is 0 Å². The number of benzene rings is 3. The fourth-order valence-corrected chi connectivity index (χ4v) is 3.72. The van der Waals surface area contributed by atoms with Gasteiger partial charge in [0, 0.05) is 11.3 Å². The molecule has 3 aromatic carbocycles. The van der Waals surface area contributed by atoms with Gasteiger partial charge in [-0.1, -0.05) is 56.3 Å². The molecule has 1 nitrogen and oxygen atoms in total. The maximum absolute atomic E-state index is 4.91. The molecular formula is C18H15NS. The molecule has 0 aliphatic heterocycles. The van der Waals surface area contributed by atoms with Gasteiger partial charge in [-0.2, -0.15) is 0 Å². The molecule has 0 atom stereocenters. The van der Waals surface area contributed by atoms with E-state index >= 15 is 0 Å². The zero-order chi connectivity index (χ0) is 13.7. The van der Waals surface area contributed by atoms with Gasteiger partial charge in [-0.25, -0.2) is 4.98 Å². The third-order valence-corrected chi connectivity index (χ3v) is 5.10. The van der Waals surface area contributed by atoms with Crippen molar-refractivity contribution in [3.05, 3.63) is 53.5 Å². The van der Waals surface area contributed by atoms with Crippen molar-refractivity contribution < 1.29 is 0 Å². The second kappa shape index (κ2) is 4.29. The Morgan fingerprint density at radius 1 is 0.900 bits per heavy atom. The minimum Gasteiger partial charge on any atom is -0.240 e. The molecule has 4 rings (SSSR count). The Kier molecular flexibility index (Phi) is 2.54. The largest absolute Gasteiger partial charge is 0.240 e. The average Bonchev–Trinajstić information content (AvgIpc) is 2.91. The molecule has 1 aromatic heterocycles. The first-order valence-electron chi connectivity index (χ1n) is 6.95. The quantitative estimate of drug-likeness (QED) is 0.405. The van der Waals surface area contributed by atoms with Crippen molar-refractivity contribution in [2.75, 3.05) is 0 Å². The standard InChI is InChI=1S/C18H15NS/c1-11(2)18-19-17-15(20-18)10-9-13-8-7-12-5-3-4-6-14(12)16(13)17/h3-11H,1-2H3. The minimum absolute atomic E-state index is 0.484. The van der Waals surface area contributed by atoms with Crippen LogP contribution >= 0.6 is 11.3 Å². The summed E-state index contributed by atoms with van der Waals surface area (Å²) in [6.07, 6.45) is 0. The summed E-state index contributed by atoms with van der Waals surface area (Å²) in [4.78, 5) is 4.91. The average molecular weight is 277 g/mol. The zero-order valence-corrected chi connectivity index (χ0v) is 12.4. The molecule has 4 aromatic rings. The second-order valence-corrected chi connectivity index (χ2v) is 6.57. The number of hydrogen-bond donors (Lipinski definition) is 0. The lowest BCUT2D eigenvalue weighted by atomic mass is 10.0. The predicted molar refractivity (Wildman–Crippen MR) is 88.7 cm³/mol. The van der Waals surface area contributed by atoms with Crippen molar-refractivity contribution in [3.63, 3.8) is 0 Å². The normalized spacial score (nSPS) is 11.9. The fourth-order valence-electron chi connectivity index (χ4n) is 2.75. The summed E-state index contributed by atoms with van der Waals surface area (Å²) in [5.74, 6) is 0.484. The highest BCUT2D eigenvalue weighted by atomic mass is 32.1. The van der Waals surface area contributed by atoms with E-state index in [1.54, 1.807) is 0 Å². The molecule has 0 radical (unpaired) electrons. The molecule has 0 aliphatic carbocycles. The molecule has 0 saturated carbocycles. The van der Waals surface area contributed by atoms with Crippen LogP contribution in [0, 0.1) is 0 Å². The van der Waals surface area contributed by atoms with E-state index in [0.29, 0.717) is 5.92 Å². The van der Waals surface area contributed by atoms with Gasteiger partial charge in [0.2, 0.25) is 0 Å². The van der Waals surface area contributed by atoms with E-state index in [0.717, 1.165) is 5.52 Å². The maximum Gasteiger partial charge on any atom is 0.0964 e. The fraction of sp³-hybridized carbons (Fsp3) is 0.167. The van der Waals surface area contributed by atoms with Crippen molar-refractivity contribution in [2.45, 2.75) is 19.8 Å². The number of nitrogens with zero attached hydrogens (tertiary/aromatic N) is 1. The number of fused-ring (bicyclic) bond motifs is 5. The smallest absolute Gasteiger partial charge is 0.0964 e. The third-order valence-electron chi connectivity index (χ3n) is 3.78. The van der Waals surface area contributed by atoms with Crippen molar-refractivity contribution in [1.82, 2.24) is 4.98 Å². The Hall–Kier alpha value is -1.93. The van der Waals surface area contributed by atoms with Gasteiger partial charge < -0.3 is 0 Å². The Morgan fingerprint density at radius 2 is 1.65 bits per heavy atom. The first-order valence-corrected chi connectivity index (χ1v) is 7.76. The molecule has 98 valence electrons. The van der Waals surface area contributed by atoms with Crippen LogP contribution in [0.25, 0.3) is 31.8 Å². The third kappa shape index (κ3) is 1.65. The van der Waals surface area contributed by atoms with Crippen molar-refractivity contribution in [2.24, 2.45) is 0 Å². The summed E-state index contributed by atoms with van der Waals surface area (Å²) in [6, 6.07) is 17.4. The molecule has 0 bridgehead atoms. The van der Waals surface area contributed by atoms with E-state index in [4.69, 9.17) is 4.98 Å². The monoisotopic (exact) mass is 277 g/mol. The highest BCUT2D eigenvalue weighted by molar-refractivity contribution is 7.18. The molecule has 0 amide bonds. The highest BCUT2D eigenvalue weighted by Gasteiger charge is 2.11. The van der Waals surface area contributed by atoms with Crippen LogP contribution in [0.5, 0.6) is 0 Å². The number of hydrogen-bond acceptors (Lipinski definition) is 2. The van der Waals surface area contributed by atoms with Crippen molar-refractivity contribution >= 4 is 43.1 Å². The summed E-state index contributed by atoms with van der Waals surface area (Å²) >= 11 is 1.82. The molecule has 0 unspecified atom stereocenters. The summed E-state index contributed by atoms with van der Waals surface area (Å²) in [6.45, 7) is 4.41. The van der Waals surface area contributed by atoms with Gasteiger partial charge in [0.05, 0.1) is 15.2 Å². The van der Waals surface area contributed by atoms with E-state index in [-0.39, 0.29) is 0 Å². The molecular weight excluding hydrogens is 262 g/mol. The molecule has 20 heavy (non-hydrogen) atoms. The number of thiazole rings is 1. The van der Waals surface area contributed by atoms with Crippen molar-refractivity contribution in [3.8, 4) is 0 Å². The van der Waals surface area contributed by atoms with Gasteiger partial charge in [-0.15, -0.1) is 11.3 Å². The van der Waals surface area contributed by atoms with Gasteiger partial charge >= 0.3 is 0 Å². The van der Waals surface area contributed by atoms with Gasteiger partial charge in [0.1, 0.15) is 0 Å². The van der Waals surface area contributed by atoms with Crippen LogP contribution in [0.4, 0.5) is 0 Å². The van der Waals surface area contributed by atoms with E-state index in [1.807, 2.05) is 11.3 Å². The van der Waals surface area contributed by atoms with E-state index in [1.165, 1.54) is 31.3 Å². The summed E-state index contributed by atoms with van der Waals surface area (Å²) in [5.41, 5.74) is 1.16. The molecule has 0 spiro atoms. The molecule has 0 saturated heterocycles. The van der Waals surface area contributed by atoms with Crippen LogP contribution in [-0.2, 0) is 0 Å². The van der Waals surface area contributed by atoms with Crippen LogP contribution in [-0.4, -0.2) is 4.98 Å². The second-order valence-electron chi connectivity index (χ2n) is 5.50. The van der Waals surface area contributed by atoms with E-state index in [2.05, 4.69) is 62.4 Å². The summed E-state index contributed by atoms with van der Waals surface area (Å²) in [7, 11) is 0. The van der Waals surface area contributed by atoms with Gasteiger partial charge in [-0.05, 0) is 22.2 Å². The lowest BCUT2D eigenvalue weighted by molar-refractivity contribution is 0.857. The maximum atomic E-state index is 4.91. The Bertz CT molecular complexity index is 934. The Labute approximate surface area is 121 Å². The highest BCUT2D eigenvalue weighted by Crippen LogP contribution is 2.35. The van der Waals surface area contributed by atoms with Crippen LogP contribution in [0.1, 0.15) is 24.8 Å². The van der Waals surface area contributed by atoms with Crippen LogP contribution < -0.4 is 0 Å². The minimum atomic E-state index is 0.484. The summed E-state index contributed by atoms with van der Waals surface area (Å²) in [5, 5.41) is 6.38. The zero-order valence-electron chi connectivity index (χ0n) is 11.6. The number of rotatable bonds is 1. The molecule has 2 heteroatoms. The lowest BCUT2D eigenvalue weighted by Gasteiger charge is -2.04. The molecule has 1 heterocycles. The topological polar surface area (TPSA) is 12.9 Å². The van der Waals surface area contributed by atoms with Crippen LogP contribution in [0.15, 0.2) is 48.5 Å². The first-order chi connectivity index (χ1) is 9.74. The SMILES string of the molecule is CC(C)c1nc2c(ccc3ccc4ccccc4c32)s1. The van der Waals surface area contributed by atoms with Gasteiger partial charge in [-0.3, -0.25) is 0 Å². The molecule has 0 N–H and O–H groups in total. The first kappa shape index (κ1) is 11.9. The summed E-state index contributed by atoms with van der Waals surface area (Å²) < 4.78 is 1.29. The predicted octanol–water partition coefficient (Wildman–Crippen LogP) is 5.73. The van der Waals surface area contributed by atoms with Gasteiger partial charge in [0.25, 0.3) is 0 Å². The Balaban J connectivity index is 2.24.